The number of piperidine rings is 1. The number of rotatable bonds is 3. The third kappa shape index (κ3) is 2.88. The molecule has 0 bridgehead atoms. The highest BCUT2D eigenvalue weighted by atomic mass is 19.1. The maximum atomic E-state index is 13.2. The highest BCUT2D eigenvalue weighted by Crippen LogP contribution is 2.28. The molecule has 1 aliphatic heterocycles. The van der Waals surface area contributed by atoms with Crippen molar-refractivity contribution < 1.29 is 14.2 Å². The molecule has 1 fully saturated rings. The minimum Gasteiger partial charge on any atom is -0.505 e. The Morgan fingerprint density at radius 2 is 2.29 bits per heavy atom. The molecule has 1 aromatic carbocycles. The molecule has 0 aromatic heterocycles. The molecule has 4 heteroatoms. The molecule has 1 unspecified atom stereocenters. The third-order valence-electron chi connectivity index (χ3n) is 3.23. The Labute approximate surface area is 101 Å². The van der Waals surface area contributed by atoms with Crippen LogP contribution in [0.1, 0.15) is 24.8 Å². The zero-order chi connectivity index (χ0) is 12.3. The smallest absolute Gasteiger partial charge is 0.168 e. The van der Waals surface area contributed by atoms with Crippen LogP contribution < -0.4 is 10.1 Å². The molecule has 94 valence electrons. The molecule has 0 radical (unpaired) electrons. The summed E-state index contributed by atoms with van der Waals surface area (Å²) in [5.74, 6) is -0.438. The van der Waals surface area contributed by atoms with Gasteiger partial charge in [-0.3, -0.25) is 0 Å². The quantitative estimate of drug-likeness (QED) is 0.850. The molecule has 1 heterocycles. The van der Waals surface area contributed by atoms with Gasteiger partial charge in [0, 0.05) is 12.1 Å². The number of nitrogens with one attached hydrogen (secondary N) is 1. The van der Waals surface area contributed by atoms with Crippen LogP contribution in [0.2, 0.25) is 0 Å². The molecular weight excluding hydrogens is 221 g/mol. The molecule has 1 atom stereocenters. The summed E-state index contributed by atoms with van der Waals surface area (Å²) in [6.45, 7) is 1.03. The molecule has 3 nitrogen and oxygen atoms in total. The summed E-state index contributed by atoms with van der Waals surface area (Å²) in [6, 6.07) is 3.10. The van der Waals surface area contributed by atoms with E-state index in [2.05, 4.69) is 5.32 Å². The van der Waals surface area contributed by atoms with Gasteiger partial charge >= 0.3 is 0 Å². The summed E-state index contributed by atoms with van der Waals surface area (Å²) < 4.78 is 18.3. The Balaban J connectivity index is 2.15. The molecule has 2 N–H and O–H groups in total. The summed E-state index contributed by atoms with van der Waals surface area (Å²) in [5.41, 5.74) is 0.853. The zero-order valence-corrected chi connectivity index (χ0v) is 10.0. The van der Waals surface area contributed by atoms with Gasteiger partial charge in [-0.2, -0.15) is 0 Å². The molecule has 1 saturated heterocycles. The average Bonchev–Trinajstić information content (AvgIpc) is 2.35. The van der Waals surface area contributed by atoms with Crippen LogP contribution in [0.4, 0.5) is 4.39 Å². The first-order valence-corrected chi connectivity index (χ1v) is 5.99. The van der Waals surface area contributed by atoms with Gasteiger partial charge in [-0.1, -0.05) is 6.42 Å². The molecule has 17 heavy (non-hydrogen) atoms. The summed E-state index contributed by atoms with van der Waals surface area (Å²) in [7, 11) is 1.52. The van der Waals surface area contributed by atoms with E-state index in [0.29, 0.717) is 11.8 Å². The predicted molar refractivity (Wildman–Crippen MR) is 64.0 cm³/mol. The normalized spacial score (nSPS) is 20.2. The third-order valence-corrected chi connectivity index (χ3v) is 3.23. The number of halogens is 1. The van der Waals surface area contributed by atoms with E-state index in [9.17, 15) is 9.50 Å². The van der Waals surface area contributed by atoms with E-state index in [4.69, 9.17) is 4.74 Å². The van der Waals surface area contributed by atoms with Crippen molar-refractivity contribution in [2.24, 2.45) is 0 Å². The van der Waals surface area contributed by atoms with Gasteiger partial charge < -0.3 is 15.2 Å². The predicted octanol–water partition coefficient (Wildman–Crippen LogP) is 2.22. The first-order chi connectivity index (χ1) is 8.20. The first kappa shape index (κ1) is 12.2. The van der Waals surface area contributed by atoms with Crippen LogP contribution in [0.15, 0.2) is 12.1 Å². The van der Waals surface area contributed by atoms with Gasteiger partial charge in [0.25, 0.3) is 0 Å². The molecule has 0 aliphatic carbocycles. The number of aromatic hydroxyl groups is 1. The molecule has 0 spiro atoms. The Morgan fingerprint density at radius 3 is 2.94 bits per heavy atom. The summed E-state index contributed by atoms with van der Waals surface area (Å²) in [4.78, 5) is 0. The molecule has 0 saturated carbocycles. The lowest BCUT2D eigenvalue weighted by Crippen LogP contribution is -2.35. The second-order valence-electron chi connectivity index (χ2n) is 4.47. The highest BCUT2D eigenvalue weighted by Gasteiger charge is 2.17. The Morgan fingerprint density at radius 1 is 1.47 bits per heavy atom. The number of phenolic OH excluding ortho intramolecular Hbond substituents is 1. The maximum Gasteiger partial charge on any atom is 0.168 e. The van der Waals surface area contributed by atoms with Gasteiger partial charge in [-0.25, -0.2) is 4.39 Å². The Kier molecular flexibility index (Phi) is 3.84. The van der Waals surface area contributed by atoms with E-state index in [1.54, 1.807) is 0 Å². The van der Waals surface area contributed by atoms with Crippen molar-refractivity contribution in [2.75, 3.05) is 13.7 Å². The van der Waals surface area contributed by atoms with E-state index in [0.717, 1.165) is 24.9 Å². The number of phenols is 1. The van der Waals surface area contributed by atoms with E-state index in [1.165, 1.54) is 32.1 Å². The maximum absolute atomic E-state index is 13.2. The summed E-state index contributed by atoms with van der Waals surface area (Å²) in [6.07, 6.45) is 4.30. The van der Waals surface area contributed by atoms with Crippen molar-refractivity contribution in [3.63, 3.8) is 0 Å². The minimum absolute atomic E-state index is 0.309. The summed E-state index contributed by atoms with van der Waals surface area (Å²) >= 11 is 0. The van der Waals surface area contributed by atoms with Crippen molar-refractivity contribution in [1.29, 1.82) is 0 Å². The van der Waals surface area contributed by atoms with Gasteiger partial charge in [0.15, 0.2) is 11.6 Å². The van der Waals surface area contributed by atoms with Gasteiger partial charge in [0.05, 0.1) is 7.11 Å². The number of hydrogen-bond donors (Lipinski definition) is 2. The van der Waals surface area contributed by atoms with Crippen LogP contribution in [0, 0.1) is 5.82 Å². The summed E-state index contributed by atoms with van der Waals surface area (Å²) in [5, 5.41) is 12.8. The van der Waals surface area contributed by atoms with E-state index >= 15 is 0 Å². The van der Waals surface area contributed by atoms with Gasteiger partial charge in [0.1, 0.15) is 5.75 Å². The van der Waals surface area contributed by atoms with E-state index in [-0.39, 0.29) is 5.75 Å². The molecule has 1 aromatic rings. The average molecular weight is 239 g/mol. The fraction of sp³-hybridized carbons (Fsp3) is 0.538. The number of ether oxygens (including phenoxy) is 1. The van der Waals surface area contributed by atoms with Crippen LogP contribution in [0.3, 0.4) is 0 Å². The van der Waals surface area contributed by atoms with Crippen LogP contribution in [0.25, 0.3) is 0 Å². The largest absolute Gasteiger partial charge is 0.505 e. The highest BCUT2D eigenvalue weighted by molar-refractivity contribution is 5.41. The second-order valence-corrected chi connectivity index (χ2v) is 4.47. The molecule has 1 aliphatic rings. The fourth-order valence-corrected chi connectivity index (χ4v) is 2.30. The topological polar surface area (TPSA) is 41.5 Å². The Bertz CT molecular complexity index is 389. The lowest BCUT2D eigenvalue weighted by Gasteiger charge is -2.24. The number of benzene rings is 1. The molecule has 0 amide bonds. The number of methoxy groups -OCH3 is 1. The van der Waals surface area contributed by atoms with Crippen molar-refractivity contribution in [2.45, 2.75) is 31.7 Å². The number of hydrogen-bond acceptors (Lipinski definition) is 3. The lowest BCUT2D eigenvalue weighted by atomic mass is 9.97. The minimum atomic E-state index is -0.637. The first-order valence-electron chi connectivity index (χ1n) is 5.99. The zero-order valence-electron chi connectivity index (χ0n) is 10.0. The van der Waals surface area contributed by atoms with Gasteiger partial charge in [-0.05, 0) is 37.4 Å². The second kappa shape index (κ2) is 5.36. The van der Waals surface area contributed by atoms with Gasteiger partial charge in [-0.15, -0.1) is 0 Å². The Hall–Kier alpha value is -1.29. The monoisotopic (exact) mass is 239 g/mol. The molecular formula is C13H18FNO2. The fourth-order valence-electron chi connectivity index (χ4n) is 2.30. The van der Waals surface area contributed by atoms with Crippen LogP contribution in [-0.4, -0.2) is 24.8 Å². The van der Waals surface area contributed by atoms with E-state index in [1.807, 2.05) is 0 Å². The van der Waals surface area contributed by atoms with Gasteiger partial charge in [0.2, 0.25) is 0 Å². The van der Waals surface area contributed by atoms with Crippen molar-refractivity contribution in [3.8, 4) is 11.5 Å². The standard InChI is InChI=1S/C13H18FNO2/c1-17-13-8-11(14)12(16)7-9(13)6-10-4-2-3-5-15-10/h7-8,10,15-16H,2-6H2,1H3. The lowest BCUT2D eigenvalue weighted by molar-refractivity contribution is 0.374. The van der Waals surface area contributed by atoms with Crippen LogP contribution in [0.5, 0.6) is 11.5 Å². The van der Waals surface area contributed by atoms with Crippen LogP contribution in [-0.2, 0) is 6.42 Å². The van der Waals surface area contributed by atoms with Crippen molar-refractivity contribution in [1.82, 2.24) is 5.32 Å². The van der Waals surface area contributed by atoms with Crippen molar-refractivity contribution in [3.05, 3.63) is 23.5 Å². The van der Waals surface area contributed by atoms with Crippen molar-refractivity contribution >= 4 is 0 Å². The van der Waals surface area contributed by atoms with Crippen LogP contribution >= 0.6 is 0 Å². The molecule has 2 rings (SSSR count). The SMILES string of the molecule is COc1cc(F)c(O)cc1CC1CCCCN1. The van der Waals surface area contributed by atoms with E-state index < -0.39 is 5.82 Å².